The molecule has 0 aromatic heterocycles. The smallest absolute Gasteiger partial charge is 0.0143 e. The van der Waals surface area contributed by atoms with Crippen LogP contribution in [-0.2, 0) is 0 Å². The van der Waals surface area contributed by atoms with E-state index < -0.39 is 0 Å². The zero-order valence-corrected chi connectivity index (χ0v) is 39.8. The summed E-state index contributed by atoms with van der Waals surface area (Å²) in [5, 5.41) is 3.22. The number of rotatable bonds is 16. The Morgan fingerprint density at radius 3 is 1.95 bits per heavy atom. The molecule has 0 aromatic carbocycles. The number of hydrogen-bond acceptors (Lipinski definition) is 1. The van der Waals surface area contributed by atoms with Gasteiger partial charge in [0.2, 0.25) is 0 Å². The van der Waals surface area contributed by atoms with Crippen molar-refractivity contribution in [3.05, 3.63) is 36.1 Å². The Balaban J connectivity index is 0. The highest BCUT2D eigenvalue weighted by Crippen LogP contribution is 2.75. The Morgan fingerprint density at radius 2 is 1.42 bits per heavy atom. The summed E-state index contributed by atoms with van der Waals surface area (Å²) in [6.45, 7) is 44.1. The summed E-state index contributed by atoms with van der Waals surface area (Å²) in [7, 11) is 0. The van der Waals surface area contributed by atoms with Gasteiger partial charge in [0.15, 0.2) is 0 Å². The van der Waals surface area contributed by atoms with Crippen molar-refractivity contribution >= 4 is 0 Å². The summed E-state index contributed by atoms with van der Waals surface area (Å²) in [6.07, 6.45) is 37.2. The molecule has 1 heteroatoms. The maximum Gasteiger partial charge on any atom is 0.0143 e. The SMILES string of the molecule is C.C#C.C=C(C)CCCCCNC(=C)C.CC.CC(C)CCCCC1(C)CCC2(C)C3CC=C4CC(C)CCC4(C)C3CCC12C.CCC(C)CC(C)CC. The van der Waals surface area contributed by atoms with Crippen molar-refractivity contribution < 1.29 is 0 Å². The van der Waals surface area contributed by atoms with Crippen molar-refractivity contribution in [3.63, 3.8) is 0 Å². The number of allylic oxidation sites excluding steroid dienone is 4. The average molecular weight is 766 g/mol. The summed E-state index contributed by atoms with van der Waals surface area (Å²) >= 11 is 0. The van der Waals surface area contributed by atoms with Crippen LogP contribution in [0.3, 0.4) is 0 Å². The van der Waals surface area contributed by atoms with Crippen LogP contribution in [-0.4, -0.2) is 6.54 Å². The molecule has 0 heterocycles. The average Bonchev–Trinajstić information content (AvgIpc) is 3.35. The standard InChI is InChI=1S/C29H50.C11H21N.C9H20.C2H6.C2H2.CH4/c1-21(2)10-8-9-15-26(4)18-19-28(6)25-12-11-23-20-22(3)13-16-27(23,5)24(25)14-17-29(26,28)7;1-10(2)8-6-5-7-9-12-11(3)4;1-5-8(3)7-9(4)6-2;2*1-2;/h11,21-22,24-25H,8-10,12-20H2,1-7H3;12H,1,3,5-9H2,2,4H3;8-9H,5-7H2,1-4H3;1-2H3;1-2H;1H4. The first-order chi connectivity index (χ1) is 25.4. The van der Waals surface area contributed by atoms with E-state index in [0.717, 1.165) is 47.7 Å². The van der Waals surface area contributed by atoms with Gasteiger partial charge in [-0.2, -0.15) is 0 Å². The fraction of sp³-hybridized carbons (Fsp3) is 0.852. The summed E-state index contributed by atoms with van der Waals surface area (Å²) in [6, 6.07) is 0. The first-order valence-electron chi connectivity index (χ1n) is 23.5. The quantitative estimate of drug-likeness (QED) is 0.0937. The second kappa shape index (κ2) is 27.3. The van der Waals surface area contributed by atoms with Crippen molar-refractivity contribution in [3.8, 4) is 12.8 Å². The maximum absolute atomic E-state index is 4.00. The Kier molecular flexibility index (Phi) is 27.6. The molecule has 0 saturated heterocycles. The molecule has 4 aliphatic rings. The molecule has 4 rings (SSSR count). The van der Waals surface area contributed by atoms with E-state index in [2.05, 4.69) is 120 Å². The highest BCUT2D eigenvalue weighted by molar-refractivity contribution is 5.27. The van der Waals surface area contributed by atoms with Crippen LogP contribution >= 0.6 is 0 Å². The molecule has 9 unspecified atom stereocenters. The van der Waals surface area contributed by atoms with Gasteiger partial charge in [-0.05, 0) is 154 Å². The van der Waals surface area contributed by atoms with Crippen molar-refractivity contribution in [2.24, 2.45) is 57.2 Å². The summed E-state index contributed by atoms with van der Waals surface area (Å²) in [5.41, 5.74) is 6.41. The molecule has 0 radical (unpaired) electrons. The first kappa shape index (κ1) is 55.7. The molecule has 0 amide bonds. The Morgan fingerprint density at radius 1 is 0.818 bits per heavy atom. The fourth-order valence-corrected chi connectivity index (χ4v) is 11.2. The monoisotopic (exact) mass is 766 g/mol. The van der Waals surface area contributed by atoms with Crippen LogP contribution in [0, 0.1) is 70.0 Å². The highest BCUT2D eigenvalue weighted by Gasteiger charge is 2.67. The minimum atomic E-state index is 0. The van der Waals surface area contributed by atoms with Crippen molar-refractivity contribution in [2.75, 3.05) is 6.54 Å². The number of nitrogens with one attached hydrogen (secondary N) is 1. The van der Waals surface area contributed by atoms with Crippen LogP contribution in [0.4, 0.5) is 0 Å². The van der Waals surface area contributed by atoms with Crippen LogP contribution in [0.1, 0.15) is 233 Å². The lowest BCUT2D eigenvalue weighted by Gasteiger charge is -2.64. The second-order valence-electron chi connectivity index (χ2n) is 20.2. The second-order valence-corrected chi connectivity index (χ2v) is 20.2. The normalized spacial score (nSPS) is 31.1. The van der Waals surface area contributed by atoms with E-state index in [-0.39, 0.29) is 7.43 Å². The van der Waals surface area contributed by atoms with Crippen LogP contribution < -0.4 is 5.32 Å². The van der Waals surface area contributed by atoms with E-state index in [1.54, 1.807) is 0 Å². The molecule has 0 aliphatic heterocycles. The molecule has 1 N–H and O–H groups in total. The van der Waals surface area contributed by atoms with E-state index in [1.807, 2.05) is 26.3 Å². The molecule has 4 aliphatic carbocycles. The van der Waals surface area contributed by atoms with E-state index in [9.17, 15) is 0 Å². The third kappa shape index (κ3) is 16.0. The molecule has 3 fully saturated rings. The van der Waals surface area contributed by atoms with Gasteiger partial charge in [0.05, 0.1) is 0 Å². The molecular weight excluding hydrogens is 663 g/mol. The summed E-state index contributed by atoms with van der Waals surface area (Å²) in [4.78, 5) is 0. The van der Waals surface area contributed by atoms with Crippen LogP contribution in [0.15, 0.2) is 36.1 Å². The molecule has 9 atom stereocenters. The topological polar surface area (TPSA) is 12.0 Å². The predicted octanol–water partition coefficient (Wildman–Crippen LogP) is 17.8. The molecule has 3 saturated carbocycles. The van der Waals surface area contributed by atoms with Gasteiger partial charge in [-0.15, -0.1) is 19.4 Å². The van der Waals surface area contributed by atoms with Crippen molar-refractivity contribution in [1.82, 2.24) is 5.32 Å². The van der Waals surface area contributed by atoms with Crippen LogP contribution in [0.5, 0.6) is 0 Å². The number of unbranched alkanes of at least 4 members (excludes halogenated alkanes) is 3. The number of terminal acetylenes is 1. The molecule has 324 valence electrons. The lowest BCUT2D eigenvalue weighted by Crippen LogP contribution is -2.56. The Bertz CT molecular complexity index is 1070. The van der Waals surface area contributed by atoms with E-state index in [4.69, 9.17) is 0 Å². The fourth-order valence-electron chi connectivity index (χ4n) is 11.2. The lowest BCUT2D eigenvalue weighted by atomic mass is 9.40. The van der Waals surface area contributed by atoms with Gasteiger partial charge in [-0.25, -0.2) is 0 Å². The Hall–Kier alpha value is -1.42. The molecular formula is C54H103N. The summed E-state index contributed by atoms with van der Waals surface area (Å²) < 4.78 is 0. The number of hydrogen-bond donors (Lipinski definition) is 1. The van der Waals surface area contributed by atoms with E-state index >= 15 is 0 Å². The molecule has 0 aromatic rings. The first-order valence-corrected chi connectivity index (χ1v) is 23.5. The maximum atomic E-state index is 4.00. The zero-order chi connectivity index (χ0) is 41.8. The van der Waals surface area contributed by atoms with E-state index in [0.29, 0.717) is 21.7 Å². The number of fused-ring (bicyclic) bond motifs is 5. The predicted molar refractivity (Wildman–Crippen MR) is 254 cm³/mol. The van der Waals surface area contributed by atoms with Gasteiger partial charge in [-0.1, -0.05) is 160 Å². The molecule has 0 spiro atoms. The summed E-state index contributed by atoms with van der Waals surface area (Å²) in [5.74, 6) is 5.53. The van der Waals surface area contributed by atoms with Gasteiger partial charge in [0.1, 0.15) is 0 Å². The van der Waals surface area contributed by atoms with Gasteiger partial charge in [-0.3, -0.25) is 0 Å². The van der Waals surface area contributed by atoms with Crippen LogP contribution in [0.25, 0.3) is 0 Å². The largest absolute Gasteiger partial charge is 0.389 e. The molecule has 55 heavy (non-hydrogen) atoms. The van der Waals surface area contributed by atoms with E-state index in [1.165, 1.54) is 128 Å². The van der Waals surface area contributed by atoms with Gasteiger partial charge in [0, 0.05) is 12.2 Å². The Labute approximate surface area is 350 Å². The third-order valence-corrected chi connectivity index (χ3v) is 15.6. The zero-order valence-electron chi connectivity index (χ0n) is 39.8. The minimum Gasteiger partial charge on any atom is -0.389 e. The van der Waals surface area contributed by atoms with Gasteiger partial charge >= 0.3 is 0 Å². The van der Waals surface area contributed by atoms with Crippen LogP contribution in [0.2, 0.25) is 0 Å². The third-order valence-electron chi connectivity index (χ3n) is 15.6. The highest BCUT2D eigenvalue weighted by atomic mass is 14.9. The van der Waals surface area contributed by atoms with Crippen molar-refractivity contribution in [1.29, 1.82) is 0 Å². The van der Waals surface area contributed by atoms with Gasteiger partial charge in [0.25, 0.3) is 0 Å². The minimum absolute atomic E-state index is 0. The molecule has 0 bridgehead atoms. The lowest BCUT2D eigenvalue weighted by molar-refractivity contribution is -0.128. The molecule has 1 nitrogen and oxygen atoms in total. The van der Waals surface area contributed by atoms with Crippen molar-refractivity contribution in [2.45, 2.75) is 233 Å². The van der Waals surface area contributed by atoms with Gasteiger partial charge < -0.3 is 5.32 Å².